The molecule has 0 aliphatic carbocycles. The highest BCUT2D eigenvalue weighted by Gasteiger charge is 2.27. The second kappa shape index (κ2) is 40.6. The van der Waals surface area contributed by atoms with E-state index in [2.05, 4.69) is 38.2 Å². The number of carbonyl (C=O) groups is 2. The van der Waals surface area contributed by atoms with Crippen LogP contribution in [0.4, 0.5) is 0 Å². The number of carbonyl (C=O) groups excluding carboxylic acids is 2. The summed E-state index contributed by atoms with van der Waals surface area (Å²) in [7, 11) is -4.62. The van der Waals surface area contributed by atoms with Gasteiger partial charge >= 0.3 is 19.8 Å². The standard InChI is InChI=1S/C44H83O10P/c1-3-5-7-9-11-13-15-17-19-20-22-24-26-28-30-32-34-36-44(48)54-42(40-53-55(49,50)52-38-41(46)37-45)39-51-43(47)35-33-31-29-27-25-23-21-18-16-14-12-10-8-6-4-2/h13,15,18,21,41-42,45-46H,3-12,14,16-17,19-20,22-40H2,1-2H3,(H,49,50)/b15-13+,21-18+/t41-,42+/m0/s1. The molecule has 0 radical (unpaired) electrons. The van der Waals surface area contributed by atoms with E-state index in [9.17, 15) is 24.2 Å². The van der Waals surface area contributed by atoms with Crippen LogP contribution in [0.15, 0.2) is 24.3 Å². The Bertz CT molecular complexity index is 972. The van der Waals surface area contributed by atoms with E-state index in [-0.39, 0.29) is 19.4 Å². The maximum absolute atomic E-state index is 12.6. The lowest BCUT2D eigenvalue weighted by Crippen LogP contribution is -2.29. The van der Waals surface area contributed by atoms with Gasteiger partial charge in [-0.15, -0.1) is 0 Å². The Morgan fingerprint density at radius 1 is 0.527 bits per heavy atom. The molecule has 0 aromatic rings. The quantitative estimate of drug-likeness (QED) is 0.0236. The number of rotatable bonds is 42. The number of esters is 2. The van der Waals surface area contributed by atoms with Crippen molar-refractivity contribution in [2.45, 2.75) is 219 Å². The SMILES string of the molecule is CCCCCC/C=C/CCCCCCCCCCCC(=O)O[C@H](COC(=O)CCCCCCC/C=C/CCCCCCCC)COP(=O)(O)OC[C@@H](O)CO. The van der Waals surface area contributed by atoms with Crippen molar-refractivity contribution in [2.24, 2.45) is 0 Å². The second-order valence-corrected chi connectivity index (χ2v) is 16.5. The predicted octanol–water partition coefficient (Wildman–Crippen LogP) is 11.8. The van der Waals surface area contributed by atoms with Crippen LogP contribution < -0.4 is 0 Å². The van der Waals surface area contributed by atoms with Gasteiger partial charge in [0.15, 0.2) is 6.10 Å². The van der Waals surface area contributed by atoms with E-state index in [0.29, 0.717) is 12.8 Å². The van der Waals surface area contributed by atoms with Crippen LogP contribution in [0, 0.1) is 0 Å². The van der Waals surface area contributed by atoms with E-state index < -0.39 is 51.8 Å². The molecule has 3 N–H and O–H groups in total. The zero-order valence-corrected chi connectivity index (χ0v) is 36.0. The van der Waals surface area contributed by atoms with Crippen molar-refractivity contribution in [1.82, 2.24) is 0 Å². The lowest BCUT2D eigenvalue weighted by molar-refractivity contribution is -0.161. The van der Waals surface area contributed by atoms with E-state index in [0.717, 1.165) is 51.4 Å². The Balaban J connectivity index is 4.28. The minimum absolute atomic E-state index is 0.182. The fraction of sp³-hybridized carbons (Fsp3) is 0.864. The number of phosphoric ester groups is 1. The van der Waals surface area contributed by atoms with Gasteiger partial charge in [-0.1, -0.05) is 154 Å². The fourth-order valence-corrected chi connectivity index (χ4v) is 6.89. The molecule has 0 spiro atoms. The number of unbranched alkanes of at least 4 members (excludes halogenated alkanes) is 24. The molecule has 0 amide bonds. The molecule has 1 unspecified atom stereocenters. The number of phosphoric acid groups is 1. The Labute approximate surface area is 336 Å². The molecule has 0 aliphatic heterocycles. The van der Waals surface area contributed by atoms with Gasteiger partial charge in [0.2, 0.25) is 0 Å². The maximum Gasteiger partial charge on any atom is 0.472 e. The number of allylic oxidation sites excluding steroid dienone is 4. The van der Waals surface area contributed by atoms with Crippen LogP contribution in [0.5, 0.6) is 0 Å². The summed E-state index contributed by atoms with van der Waals surface area (Å²) >= 11 is 0. The van der Waals surface area contributed by atoms with Crippen molar-refractivity contribution in [3.8, 4) is 0 Å². The molecule has 0 aromatic carbocycles. The minimum Gasteiger partial charge on any atom is -0.462 e. The van der Waals surface area contributed by atoms with E-state index in [1.165, 1.54) is 116 Å². The van der Waals surface area contributed by atoms with Crippen LogP contribution in [-0.2, 0) is 32.7 Å². The van der Waals surface area contributed by atoms with Crippen LogP contribution in [0.1, 0.15) is 206 Å². The topological polar surface area (TPSA) is 149 Å². The molecule has 0 saturated heterocycles. The largest absolute Gasteiger partial charge is 0.472 e. The van der Waals surface area contributed by atoms with Gasteiger partial charge in [-0.2, -0.15) is 0 Å². The lowest BCUT2D eigenvalue weighted by atomic mass is 10.1. The first-order chi connectivity index (χ1) is 26.7. The molecule has 55 heavy (non-hydrogen) atoms. The molecule has 10 nitrogen and oxygen atoms in total. The highest BCUT2D eigenvalue weighted by atomic mass is 31.2. The molecule has 0 heterocycles. The van der Waals surface area contributed by atoms with Crippen LogP contribution >= 0.6 is 7.82 Å². The van der Waals surface area contributed by atoms with E-state index >= 15 is 0 Å². The van der Waals surface area contributed by atoms with E-state index in [1.807, 2.05) is 0 Å². The molecule has 0 fully saturated rings. The average Bonchev–Trinajstić information content (AvgIpc) is 3.17. The van der Waals surface area contributed by atoms with Gasteiger partial charge in [-0.25, -0.2) is 4.57 Å². The van der Waals surface area contributed by atoms with Gasteiger partial charge < -0.3 is 24.6 Å². The summed E-state index contributed by atoms with van der Waals surface area (Å²) in [6, 6.07) is 0. The highest BCUT2D eigenvalue weighted by Crippen LogP contribution is 2.43. The third-order valence-corrected chi connectivity index (χ3v) is 10.5. The third kappa shape index (κ3) is 40.4. The summed E-state index contributed by atoms with van der Waals surface area (Å²) in [5, 5.41) is 18.3. The first-order valence-corrected chi connectivity index (χ1v) is 23.8. The van der Waals surface area contributed by atoms with Gasteiger partial charge in [0, 0.05) is 12.8 Å². The van der Waals surface area contributed by atoms with Crippen molar-refractivity contribution in [3.63, 3.8) is 0 Å². The number of hydrogen-bond donors (Lipinski definition) is 3. The smallest absolute Gasteiger partial charge is 0.462 e. The molecular formula is C44H83O10P. The van der Waals surface area contributed by atoms with Crippen molar-refractivity contribution in [3.05, 3.63) is 24.3 Å². The minimum atomic E-state index is -4.62. The van der Waals surface area contributed by atoms with Crippen LogP contribution in [0.3, 0.4) is 0 Å². The number of aliphatic hydroxyl groups excluding tert-OH is 2. The first kappa shape index (κ1) is 53.5. The Morgan fingerprint density at radius 3 is 1.33 bits per heavy atom. The summed E-state index contributed by atoms with van der Waals surface area (Å²) in [5.41, 5.74) is 0. The highest BCUT2D eigenvalue weighted by molar-refractivity contribution is 7.47. The Hall–Kier alpha value is -1.55. The van der Waals surface area contributed by atoms with Crippen molar-refractivity contribution >= 4 is 19.8 Å². The van der Waals surface area contributed by atoms with Gasteiger partial charge in [0.25, 0.3) is 0 Å². The molecule has 0 saturated carbocycles. The summed E-state index contributed by atoms with van der Waals surface area (Å²) in [4.78, 5) is 35.0. The zero-order chi connectivity index (χ0) is 40.5. The first-order valence-electron chi connectivity index (χ1n) is 22.3. The molecule has 324 valence electrons. The summed E-state index contributed by atoms with van der Waals surface area (Å²) in [6.07, 6.45) is 39.9. The van der Waals surface area contributed by atoms with Crippen LogP contribution in [0.25, 0.3) is 0 Å². The number of aliphatic hydroxyl groups is 2. The summed E-state index contributed by atoms with van der Waals surface area (Å²) in [6.45, 7) is 2.37. The lowest BCUT2D eigenvalue weighted by Gasteiger charge is -2.20. The van der Waals surface area contributed by atoms with Gasteiger partial charge in [0.1, 0.15) is 12.7 Å². The maximum atomic E-state index is 12.6. The second-order valence-electron chi connectivity index (χ2n) is 15.1. The summed E-state index contributed by atoms with van der Waals surface area (Å²) in [5.74, 6) is -0.931. The molecule has 0 aliphatic rings. The van der Waals surface area contributed by atoms with Gasteiger partial charge in [-0.05, 0) is 64.2 Å². The number of hydrogen-bond acceptors (Lipinski definition) is 9. The van der Waals surface area contributed by atoms with E-state index in [4.69, 9.17) is 23.6 Å². The fourth-order valence-electron chi connectivity index (χ4n) is 6.10. The normalized spacial score (nSPS) is 14.1. The molecule has 11 heteroatoms. The van der Waals surface area contributed by atoms with Crippen LogP contribution in [0.2, 0.25) is 0 Å². The van der Waals surface area contributed by atoms with Crippen molar-refractivity contribution in [1.29, 1.82) is 0 Å². The molecule has 3 atom stereocenters. The summed E-state index contributed by atoms with van der Waals surface area (Å²) < 4.78 is 32.7. The van der Waals surface area contributed by atoms with Crippen molar-refractivity contribution < 1.29 is 47.8 Å². The number of ether oxygens (including phenoxy) is 2. The van der Waals surface area contributed by atoms with Crippen LogP contribution in [-0.4, -0.2) is 65.7 Å². The average molecular weight is 803 g/mol. The molecule has 0 aromatic heterocycles. The Kier molecular flexibility index (Phi) is 39.5. The van der Waals surface area contributed by atoms with E-state index in [1.54, 1.807) is 0 Å². The monoisotopic (exact) mass is 803 g/mol. The zero-order valence-electron chi connectivity index (χ0n) is 35.2. The van der Waals surface area contributed by atoms with Gasteiger partial charge in [0.05, 0.1) is 19.8 Å². The van der Waals surface area contributed by atoms with Crippen molar-refractivity contribution in [2.75, 3.05) is 26.4 Å². The third-order valence-electron chi connectivity index (χ3n) is 9.58. The molecular weight excluding hydrogens is 719 g/mol. The Morgan fingerprint density at radius 2 is 0.891 bits per heavy atom. The predicted molar refractivity (Wildman–Crippen MR) is 224 cm³/mol. The molecule has 0 bridgehead atoms. The molecule has 0 rings (SSSR count). The van der Waals surface area contributed by atoms with Gasteiger partial charge in [-0.3, -0.25) is 18.6 Å².